The van der Waals surface area contributed by atoms with Gasteiger partial charge >= 0.3 is 0 Å². The molecular weight excluding hydrogens is 444 g/mol. The Kier molecular flexibility index (Phi) is 5.47. The number of benzene rings is 1. The van der Waals surface area contributed by atoms with Gasteiger partial charge in [-0.05, 0) is 31.2 Å². The van der Waals surface area contributed by atoms with Crippen LogP contribution in [-0.2, 0) is 18.3 Å². The zero-order chi connectivity index (χ0) is 22.9. The number of pyridine rings is 1. The number of ether oxygens (including phenoxy) is 2. The zero-order valence-electron chi connectivity index (χ0n) is 17.9. The SMILES string of the molecule is Cc1nc2ccccn2c(=O)c1Cc1nnc(SCC(=O)Nc2ccc3c(c2)OCO3)n1C. The van der Waals surface area contributed by atoms with Gasteiger partial charge in [-0.3, -0.25) is 14.0 Å². The molecule has 0 unspecified atom stereocenters. The van der Waals surface area contributed by atoms with Crippen LogP contribution in [0.5, 0.6) is 11.5 Å². The highest BCUT2D eigenvalue weighted by molar-refractivity contribution is 7.99. The number of nitrogens with one attached hydrogen (secondary N) is 1. The molecule has 0 fully saturated rings. The van der Waals surface area contributed by atoms with E-state index in [1.165, 1.54) is 16.2 Å². The number of carbonyl (C=O) groups is 1. The molecule has 0 atom stereocenters. The lowest BCUT2D eigenvalue weighted by molar-refractivity contribution is -0.113. The average molecular weight is 465 g/mol. The molecule has 0 saturated carbocycles. The lowest BCUT2D eigenvalue weighted by Crippen LogP contribution is -2.22. The van der Waals surface area contributed by atoms with Gasteiger partial charge in [0.05, 0.1) is 5.75 Å². The van der Waals surface area contributed by atoms with Crippen LogP contribution >= 0.6 is 11.8 Å². The normalized spacial score (nSPS) is 12.3. The fraction of sp³-hybridized carbons (Fsp3) is 0.227. The smallest absolute Gasteiger partial charge is 0.261 e. The van der Waals surface area contributed by atoms with Crippen molar-refractivity contribution in [2.45, 2.75) is 18.5 Å². The Labute approximate surface area is 192 Å². The third kappa shape index (κ3) is 4.14. The molecule has 10 nitrogen and oxygen atoms in total. The number of rotatable bonds is 6. The topological polar surface area (TPSA) is 113 Å². The Morgan fingerprint density at radius 2 is 2.03 bits per heavy atom. The van der Waals surface area contributed by atoms with E-state index >= 15 is 0 Å². The maximum Gasteiger partial charge on any atom is 0.261 e. The van der Waals surface area contributed by atoms with Crippen LogP contribution in [0.2, 0.25) is 0 Å². The Morgan fingerprint density at radius 1 is 1.18 bits per heavy atom. The summed E-state index contributed by atoms with van der Waals surface area (Å²) in [6.07, 6.45) is 1.99. The summed E-state index contributed by atoms with van der Waals surface area (Å²) in [4.78, 5) is 29.8. The number of thioether (sulfide) groups is 1. The highest BCUT2D eigenvalue weighted by atomic mass is 32.2. The molecule has 11 heteroatoms. The van der Waals surface area contributed by atoms with Crippen LogP contribution in [0.3, 0.4) is 0 Å². The van der Waals surface area contributed by atoms with Crippen LogP contribution in [-0.4, -0.2) is 42.6 Å². The number of aryl methyl sites for hydroxylation is 1. The number of anilines is 1. The maximum absolute atomic E-state index is 12.9. The van der Waals surface area contributed by atoms with Gasteiger partial charge in [0.1, 0.15) is 11.5 Å². The van der Waals surface area contributed by atoms with Gasteiger partial charge in [0.25, 0.3) is 5.56 Å². The highest BCUT2D eigenvalue weighted by Crippen LogP contribution is 2.34. The largest absolute Gasteiger partial charge is 0.454 e. The molecule has 0 spiro atoms. The summed E-state index contributed by atoms with van der Waals surface area (Å²) in [5.41, 5.74) is 2.32. The summed E-state index contributed by atoms with van der Waals surface area (Å²) in [7, 11) is 1.81. The van der Waals surface area contributed by atoms with E-state index in [0.717, 1.165) is 0 Å². The first-order chi connectivity index (χ1) is 16.0. The molecule has 0 aliphatic carbocycles. The van der Waals surface area contributed by atoms with E-state index in [2.05, 4.69) is 20.5 Å². The first-order valence-corrected chi connectivity index (χ1v) is 11.2. The number of fused-ring (bicyclic) bond motifs is 2. The minimum absolute atomic E-state index is 0.126. The average Bonchev–Trinajstić information content (AvgIpc) is 3.41. The molecule has 1 aliphatic heterocycles. The molecule has 0 saturated heterocycles. The van der Waals surface area contributed by atoms with Crippen molar-refractivity contribution in [1.82, 2.24) is 24.1 Å². The lowest BCUT2D eigenvalue weighted by Gasteiger charge is -2.08. The number of amides is 1. The van der Waals surface area contributed by atoms with Crippen LogP contribution < -0.4 is 20.3 Å². The van der Waals surface area contributed by atoms with E-state index in [1.807, 2.05) is 20.0 Å². The van der Waals surface area contributed by atoms with Gasteiger partial charge in [-0.15, -0.1) is 10.2 Å². The van der Waals surface area contributed by atoms with Crippen LogP contribution in [0, 0.1) is 6.92 Å². The second kappa shape index (κ2) is 8.58. The van der Waals surface area contributed by atoms with Crippen LogP contribution in [0.1, 0.15) is 17.1 Å². The zero-order valence-corrected chi connectivity index (χ0v) is 18.8. The Bertz CT molecular complexity index is 1430. The van der Waals surface area contributed by atoms with Crippen molar-refractivity contribution in [3.05, 3.63) is 70.0 Å². The third-order valence-electron chi connectivity index (χ3n) is 5.28. The summed E-state index contributed by atoms with van der Waals surface area (Å²) >= 11 is 1.26. The van der Waals surface area contributed by atoms with E-state index < -0.39 is 0 Å². The van der Waals surface area contributed by atoms with E-state index in [1.54, 1.807) is 41.1 Å². The van der Waals surface area contributed by atoms with Crippen molar-refractivity contribution in [3.8, 4) is 11.5 Å². The van der Waals surface area contributed by atoms with Gasteiger partial charge in [0, 0.05) is 42.7 Å². The van der Waals surface area contributed by atoms with Gasteiger partial charge < -0.3 is 19.4 Å². The van der Waals surface area contributed by atoms with Crippen LogP contribution in [0.25, 0.3) is 5.65 Å². The predicted octanol–water partition coefficient (Wildman–Crippen LogP) is 2.18. The summed E-state index contributed by atoms with van der Waals surface area (Å²) < 4.78 is 13.9. The predicted molar refractivity (Wildman–Crippen MR) is 122 cm³/mol. The molecule has 33 heavy (non-hydrogen) atoms. The number of aromatic nitrogens is 5. The van der Waals surface area contributed by atoms with Crippen molar-refractivity contribution in [2.75, 3.05) is 17.9 Å². The third-order valence-corrected chi connectivity index (χ3v) is 6.30. The molecule has 4 aromatic rings. The van der Waals surface area contributed by atoms with Gasteiger partial charge in [-0.2, -0.15) is 0 Å². The van der Waals surface area contributed by atoms with Gasteiger partial charge in [-0.25, -0.2) is 4.98 Å². The number of carbonyl (C=O) groups excluding carboxylic acids is 1. The molecule has 1 N–H and O–H groups in total. The van der Waals surface area contributed by atoms with Gasteiger partial charge in [-0.1, -0.05) is 17.8 Å². The summed E-state index contributed by atoms with van der Waals surface area (Å²) in [6.45, 7) is 1.99. The van der Waals surface area contributed by atoms with Gasteiger partial charge in [0.15, 0.2) is 16.7 Å². The number of hydrogen-bond acceptors (Lipinski definition) is 8. The molecule has 168 valence electrons. The minimum atomic E-state index is -0.184. The van der Waals surface area contributed by atoms with Crippen molar-refractivity contribution in [2.24, 2.45) is 7.05 Å². The Balaban J connectivity index is 1.26. The first-order valence-electron chi connectivity index (χ1n) is 10.2. The monoisotopic (exact) mass is 464 g/mol. The molecular formula is C22H20N6O4S. The van der Waals surface area contributed by atoms with E-state index in [4.69, 9.17) is 9.47 Å². The molecule has 5 rings (SSSR count). The Hall–Kier alpha value is -3.86. The fourth-order valence-electron chi connectivity index (χ4n) is 3.52. The molecule has 1 amide bonds. The molecule has 4 heterocycles. The minimum Gasteiger partial charge on any atom is -0.454 e. The number of nitrogens with zero attached hydrogens (tertiary/aromatic N) is 5. The molecule has 1 aliphatic rings. The standard InChI is InChI=1S/C22H20N6O4S/c1-13-15(21(30)28-8-4-3-5-18(28)23-13)10-19-25-26-22(27(19)2)33-11-20(29)24-14-6-7-16-17(9-14)32-12-31-16/h3-9H,10-12H2,1-2H3,(H,24,29). The van der Waals surface area contributed by atoms with Crippen LogP contribution in [0.15, 0.2) is 52.5 Å². The van der Waals surface area contributed by atoms with E-state index in [0.29, 0.717) is 51.5 Å². The molecule has 0 bridgehead atoms. The summed E-state index contributed by atoms with van der Waals surface area (Å²) in [5.74, 6) is 1.85. The molecule has 1 aromatic carbocycles. The molecule has 3 aromatic heterocycles. The van der Waals surface area contributed by atoms with E-state index in [-0.39, 0.29) is 24.0 Å². The first kappa shape index (κ1) is 21.0. The second-order valence-corrected chi connectivity index (χ2v) is 8.39. The van der Waals surface area contributed by atoms with Crippen molar-refractivity contribution in [1.29, 1.82) is 0 Å². The van der Waals surface area contributed by atoms with Crippen molar-refractivity contribution >= 4 is 29.0 Å². The number of hydrogen-bond donors (Lipinski definition) is 1. The van der Waals surface area contributed by atoms with Gasteiger partial charge in [0.2, 0.25) is 12.7 Å². The highest BCUT2D eigenvalue weighted by Gasteiger charge is 2.17. The fourth-order valence-corrected chi connectivity index (χ4v) is 4.25. The summed E-state index contributed by atoms with van der Waals surface area (Å²) in [5, 5.41) is 11.8. The summed E-state index contributed by atoms with van der Waals surface area (Å²) in [6, 6.07) is 10.7. The maximum atomic E-state index is 12.9. The van der Waals surface area contributed by atoms with Crippen molar-refractivity contribution < 1.29 is 14.3 Å². The molecule has 0 radical (unpaired) electrons. The van der Waals surface area contributed by atoms with Crippen LogP contribution in [0.4, 0.5) is 5.69 Å². The lowest BCUT2D eigenvalue weighted by atomic mass is 10.1. The van der Waals surface area contributed by atoms with E-state index in [9.17, 15) is 9.59 Å². The Morgan fingerprint density at radius 3 is 2.91 bits per heavy atom. The van der Waals surface area contributed by atoms with Crippen molar-refractivity contribution in [3.63, 3.8) is 0 Å². The quantitative estimate of drug-likeness (QED) is 0.432. The second-order valence-electron chi connectivity index (χ2n) is 7.45.